The summed E-state index contributed by atoms with van der Waals surface area (Å²) < 4.78 is 15.8. The molecular weight excluding hydrogens is 396 g/mol. The number of hydrogen-bond donors (Lipinski definition) is 0. The van der Waals surface area contributed by atoms with E-state index < -0.39 is 0 Å². The molecule has 3 aromatic rings. The average molecular weight is 420 g/mol. The lowest BCUT2D eigenvalue weighted by Gasteiger charge is -2.11. The van der Waals surface area contributed by atoms with Gasteiger partial charge in [0.1, 0.15) is 17.1 Å². The minimum absolute atomic E-state index is 0.0397. The summed E-state index contributed by atoms with van der Waals surface area (Å²) in [5, 5.41) is 0. The lowest BCUT2D eigenvalue weighted by Crippen LogP contribution is -2.08. The topological polar surface area (TPSA) is 87.6 Å². The van der Waals surface area contributed by atoms with E-state index in [0.29, 0.717) is 28.5 Å². The molecule has 160 valence electrons. The van der Waals surface area contributed by atoms with Gasteiger partial charge in [-0.05, 0) is 49.4 Å². The van der Waals surface area contributed by atoms with Crippen molar-refractivity contribution in [1.82, 2.24) is 9.97 Å². The quantitative estimate of drug-likeness (QED) is 0.476. The van der Waals surface area contributed by atoms with Crippen LogP contribution in [0.5, 0.6) is 17.2 Å². The van der Waals surface area contributed by atoms with Crippen LogP contribution in [0.2, 0.25) is 0 Å². The van der Waals surface area contributed by atoms with Crippen molar-refractivity contribution in [3.8, 4) is 28.5 Å². The summed E-state index contributed by atoms with van der Waals surface area (Å²) in [5.74, 6) is 1.17. The Hall–Kier alpha value is -3.74. The molecule has 0 unspecified atom stereocenters. The molecule has 0 saturated carbocycles. The fourth-order valence-electron chi connectivity index (χ4n) is 3.20. The normalized spacial score (nSPS) is 10.5. The first-order valence-corrected chi connectivity index (χ1v) is 9.74. The predicted octanol–water partition coefficient (Wildman–Crippen LogP) is 4.32. The van der Waals surface area contributed by atoms with E-state index in [1.165, 1.54) is 14.2 Å². The molecule has 0 spiro atoms. The summed E-state index contributed by atoms with van der Waals surface area (Å²) in [6, 6.07) is 11.9. The largest absolute Gasteiger partial charge is 0.494 e. The Morgan fingerprint density at radius 3 is 2.19 bits per heavy atom. The van der Waals surface area contributed by atoms with E-state index >= 15 is 0 Å². The van der Waals surface area contributed by atoms with Crippen LogP contribution in [0.1, 0.15) is 39.4 Å². The molecule has 0 fully saturated rings. The van der Waals surface area contributed by atoms with Crippen molar-refractivity contribution < 1.29 is 23.8 Å². The Bertz CT molecular complexity index is 1110. The van der Waals surface area contributed by atoms with Gasteiger partial charge in [0, 0.05) is 35.9 Å². The van der Waals surface area contributed by atoms with Gasteiger partial charge in [-0.2, -0.15) is 0 Å². The van der Waals surface area contributed by atoms with Crippen LogP contribution in [0.4, 0.5) is 0 Å². The number of nitrogens with zero attached hydrogens (tertiary/aromatic N) is 2. The summed E-state index contributed by atoms with van der Waals surface area (Å²) in [7, 11) is 4.59. The Morgan fingerprint density at radius 2 is 1.52 bits per heavy atom. The maximum atomic E-state index is 12.8. The van der Waals surface area contributed by atoms with E-state index in [2.05, 4.69) is 9.97 Å². The van der Waals surface area contributed by atoms with Gasteiger partial charge in [0.15, 0.2) is 23.1 Å². The molecule has 7 heteroatoms. The first-order chi connectivity index (χ1) is 15.0. The van der Waals surface area contributed by atoms with Crippen LogP contribution in [0.3, 0.4) is 0 Å². The van der Waals surface area contributed by atoms with E-state index in [1.807, 2.05) is 13.0 Å². The van der Waals surface area contributed by atoms with Gasteiger partial charge in [0.05, 0.1) is 21.3 Å². The molecule has 7 nitrogen and oxygen atoms in total. The van der Waals surface area contributed by atoms with Crippen molar-refractivity contribution >= 4 is 11.6 Å². The third-order valence-electron chi connectivity index (χ3n) is 4.91. The van der Waals surface area contributed by atoms with Crippen molar-refractivity contribution in [2.24, 2.45) is 0 Å². The number of carbonyl (C=O) groups is 2. The number of benzene rings is 1. The zero-order valence-corrected chi connectivity index (χ0v) is 18.0. The summed E-state index contributed by atoms with van der Waals surface area (Å²) >= 11 is 0. The maximum absolute atomic E-state index is 12.8. The monoisotopic (exact) mass is 420 g/mol. The molecule has 0 aliphatic carbocycles. The van der Waals surface area contributed by atoms with Crippen LogP contribution in [0.25, 0.3) is 11.3 Å². The number of aryl methyl sites for hydroxylation is 1. The molecule has 0 atom stereocenters. The first kappa shape index (κ1) is 22.0. The molecule has 31 heavy (non-hydrogen) atoms. The summed E-state index contributed by atoms with van der Waals surface area (Å²) in [5.41, 5.74) is 2.85. The summed E-state index contributed by atoms with van der Waals surface area (Å²) in [6.07, 6.45) is 1.79. The zero-order chi connectivity index (χ0) is 22.4. The second-order valence-corrected chi connectivity index (χ2v) is 6.80. The van der Waals surface area contributed by atoms with Gasteiger partial charge in [0.2, 0.25) is 0 Å². The number of Topliss-reactive ketones (excluding diaryl/α,β-unsaturated/α-hetero) is 2. The van der Waals surface area contributed by atoms with Gasteiger partial charge in [0.25, 0.3) is 0 Å². The second kappa shape index (κ2) is 9.84. The number of pyridine rings is 2. The van der Waals surface area contributed by atoms with Crippen molar-refractivity contribution in [2.45, 2.75) is 19.8 Å². The molecule has 0 aliphatic rings. The fourth-order valence-corrected chi connectivity index (χ4v) is 3.20. The molecule has 0 radical (unpaired) electrons. The standard InChI is InChI=1S/C24H24N2O5/c1-15-17(6-5-13-25-15)24-22(30-3)12-8-18(26-24)20(28)10-9-19(27)16-7-11-21(29-2)23(14-16)31-4/h5-8,11-14H,9-10H2,1-4H3. The Labute approximate surface area is 181 Å². The minimum atomic E-state index is -0.223. The van der Waals surface area contributed by atoms with Crippen LogP contribution in [0, 0.1) is 6.92 Å². The number of aromatic nitrogens is 2. The highest BCUT2D eigenvalue weighted by Gasteiger charge is 2.17. The number of carbonyl (C=O) groups excluding carboxylic acids is 2. The SMILES string of the molecule is COc1ccc(C(=O)CCC(=O)c2ccc(OC)c(-c3cccnc3C)n2)cc1OC. The molecule has 0 bridgehead atoms. The third kappa shape index (κ3) is 4.88. The van der Waals surface area contributed by atoms with Crippen molar-refractivity contribution in [3.63, 3.8) is 0 Å². The fraction of sp³-hybridized carbons (Fsp3) is 0.250. The van der Waals surface area contributed by atoms with Crippen LogP contribution in [0.15, 0.2) is 48.7 Å². The van der Waals surface area contributed by atoms with E-state index in [4.69, 9.17) is 14.2 Å². The molecule has 3 rings (SSSR count). The number of hydrogen-bond acceptors (Lipinski definition) is 7. The minimum Gasteiger partial charge on any atom is -0.494 e. The predicted molar refractivity (Wildman–Crippen MR) is 116 cm³/mol. The molecule has 2 heterocycles. The first-order valence-electron chi connectivity index (χ1n) is 9.74. The lowest BCUT2D eigenvalue weighted by molar-refractivity contribution is 0.0915. The van der Waals surface area contributed by atoms with Crippen LogP contribution >= 0.6 is 0 Å². The lowest BCUT2D eigenvalue weighted by atomic mass is 10.0. The molecule has 0 N–H and O–H groups in total. The number of ketones is 2. The zero-order valence-electron chi connectivity index (χ0n) is 18.0. The van der Waals surface area contributed by atoms with Crippen LogP contribution in [-0.4, -0.2) is 42.9 Å². The van der Waals surface area contributed by atoms with Gasteiger partial charge < -0.3 is 14.2 Å². The van der Waals surface area contributed by atoms with Crippen molar-refractivity contribution in [1.29, 1.82) is 0 Å². The highest BCUT2D eigenvalue weighted by atomic mass is 16.5. The number of ether oxygens (including phenoxy) is 3. The number of methoxy groups -OCH3 is 3. The molecular formula is C24H24N2O5. The summed E-state index contributed by atoms with van der Waals surface area (Å²) in [4.78, 5) is 34.1. The van der Waals surface area contributed by atoms with E-state index in [0.717, 1.165) is 11.3 Å². The molecule has 0 saturated heterocycles. The van der Waals surface area contributed by atoms with E-state index in [-0.39, 0.29) is 30.1 Å². The Morgan fingerprint density at radius 1 is 0.839 bits per heavy atom. The molecule has 0 aliphatic heterocycles. The smallest absolute Gasteiger partial charge is 0.181 e. The average Bonchev–Trinajstić information content (AvgIpc) is 2.81. The van der Waals surface area contributed by atoms with Gasteiger partial charge >= 0.3 is 0 Å². The third-order valence-corrected chi connectivity index (χ3v) is 4.91. The molecule has 0 amide bonds. The van der Waals surface area contributed by atoms with Crippen LogP contribution < -0.4 is 14.2 Å². The summed E-state index contributed by atoms with van der Waals surface area (Å²) in [6.45, 7) is 1.87. The second-order valence-electron chi connectivity index (χ2n) is 6.80. The van der Waals surface area contributed by atoms with Gasteiger partial charge in [-0.15, -0.1) is 0 Å². The van der Waals surface area contributed by atoms with Crippen molar-refractivity contribution in [2.75, 3.05) is 21.3 Å². The highest BCUT2D eigenvalue weighted by molar-refractivity contribution is 6.02. The maximum Gasteiger partial charge on any atom is 0.181 e. The van der Waals surface area contributed by atoms with Gasteiger partial charge in [-0.25, -0.2) is 4.98 Å². The Balaban J connectivity index is 1.77. The highest BCUT2D eigenvalue weighted by Crippen LogP contribution is 2.30. The van der Waals surface area contributed by atoms with E-state index in [9.17, 15) is 9.59 Å². The molecule has 1 aromatic carbocycles. The van der Waals surface area contributed by atoms with Gasteiger partial charge in [-0.1, -0.05) is 0 Å². The Kier molecular flexibility index (Phi) is 6.97. The van der Waals surface area contributed by atoms with Crippen LogP contribution in [-0.2, 0) is 0 Å². The van der Waals surface area contributed by atoms with E-state index in [1.54, 1.807) is 49.7 Å². The van der Waals surface area contributed by atoms with Crippen molar-refractivity contribution in [3.05, 3.63) is 65.6 Å². The number of rotatable bonds is 9. The van der Waals surface area contributed by atoms with Gasteiger partial charge in [-0.3, -0.25) is 14.6 Å². The molecule has 2 aromatic heterocycles.